The van der Waals surface area contributed by atoms with E-state index in [9.17, 15) is 14.7 Å². The Bertz CT molecular complexity index is 1100. The van der Waals surface area contributed by atoms with Gasteiger partial charge in [-0.3, -0.25) is 4.79 Å². The van der Waals surface area contributed by atoms with Crippen LogP contribution < -0.4 is 4.74 Å². The molecule has 1 N–H and O–H groups in total. The van der Waals surface area contributed by atoms with Crippen molar-refractivity contribution in [3.05, 3.63) is 64.9 Å². The molecule has 0 aliphatic carbocycles. The van der Waals surface area contributed by atoms with Crippen molar-refractivity contribution in [2.24, 2.45) is 5.92 Å². The molecule has 3 rings (SSSR count). The van der Waals surface area contributed by atoms with Gasteiger partial charge < -0.3 is 19.2 Å². The third kappa shape index (κ3) is 7.33. The molecule has 0 fully saturated rings. The van der Waals surface area contributed by atoms with Crippen LogP contribution in [-0.4, -0.2) is 40.0 Å². The molecule has 1 aliphatic heterocycles. The number of allylic oxidation sites excluding steroid dienone is 2. The van der Waals surface area contributed by atoms with Gasteiger partial charge in [0.1, 0.15) is 11.5 Å². The first-order valence-corrected chi connectivity index (χ1v) is 12.9. The summed E-state index contributed by atoms with van der Waals surface area (Å²) in [6.45, 7) is 9.06. The number of aromatic nitrogens is 1. The summed E-state index contributed by atoms with van der Waals surface area (Å²) in [6.07, 6.45) is 12.3. The van der Waals surface area contributed by atoms with Crippen molar-refractivity contribution in [1.29, 1.82) is 0 Å². The zero-order chi connectivity index (χ0) is 26.1. The normalized spacial score (nSPS) is 15.7. The molecule has 0 saturated carbocycles. The Hall–Kier alpha value is -3.35. The average molecular weight is 495 g/mol. The fourth-order valence-electron chi connectivity index (χ4n) is 4.25. The van der Waals surface area contributed by atoms with Crippen LogP contribution in [0.1, 0.15) is 81.0 Å². The van der Waals surface area contributed by atoms with Crippen LogP contribution in [0.15, 0.2) is 40.8 Å². The van der Waals surface area contributed by atoms with Gasteiger partial charge >= 0.3 is 5.97 Å². The molecule has 1 aromatic carbocycles. The Morgan fingerprint density at radius 2 is 2.11 bits per heavy atom. The van der Waals surface area contributed by atoms with Crippen LogP contribution in [0, 0.1) is 12.8 Å². The minimum Gasteiger partial charge on any atom is -0.493 e. The predicted molar refractivity (Wildman–Crippen MR) is 140 cm³/mol. The Kier molecular flexibility index (Phi) is 9.91. The topological polar surface area (TPSA) is 92.9 Å². The highest BCUT2D eigenvalue weighted by Gasteiger charge is 2.35. The highest BCUT2D eigenvalue weighted by atomic mass is 16.5. The minimum absolute atomic E-state index is 0.268. The molecule has 1 unspecified atom stereocenters. The Labute approximate surface area is 213 Å². The number of rotatable bonds is 12. The molecule has 1 amide bonds. The molecular formula is C29H38N2O5. The van der Waals surface area contributed by atoms with Crippen LogP contribution in [0.25, 0.3) is 6.08 Å². The summed E-state index contributed by atoms with van der Waals surface area (Å²) in [5, 5.41) is 9.97. The molecule has 1 atom stereocenters. The van der Waals surface area contributed by atoms with Gasteiger partial charge in [0.15, 0.2) is 6.04 Å². The van der Waals surface area contributed by atoms with Gasteiger partial charge in [-0.05, 0) is 67.5 Å². The predicted octanol–water partition coefficient (Wildman–Crippen LogP) is 5.92. The lowest BCUT2D eigenvalue weighted by atomic mass is 9.92. The Balaban J connectivity index is 1.66. The van der Waals surface area contributed by atoms with Crippen LogP contribution >= 0.6 is 0 Å². The van der Waals surface area contributed by atoms with Gasteiger partial charge in [0.2, 0.25) is 11.8 Å². The summed E-state index contributed by atoms with van der Waals surface area (Å²) in [5.41, 5.74) is 2.38. The zero-order valence-corrected chi connectivity index (χ0v) is 21.8. The van der Waals surface area contributed by atoms with Crippen LogP contribution in [0.2, 0.25) is 0 Å². The Morgan fingerprint density at radius 3 is 2.83 bits per heavy atom. The number of nitrogens with zero attached hydrogens (tertiary/aromatic N) is 2. The molecule has 0 radical (unpaired) electrons. The molecule has 0 bridgehead atoms. The van der Waals surface area contributed by atoms with Gasteiger partial charge in [0.05, 0.1) is 12.3 Å². The lowest BCUT2D eigenvalue weighted by Gasteiger charge is -2.34. The van der Waals surface area contributed by atoms with Crippen molar-refractivity contribution >= 4 is 18.0 Å². The third-order valence-corrected chi connectivity index (χ3v) is 6.23. The van der Waals surface area contributed by atoms with E-state index in [1.807, 2.05) is 31.2 Å². The monoisotopic (exact) mass is 494 g/mol. The van der Waals surface area contributed by atoms with E-state index < -0.39 is 12.0 Å². The van der Waals surface area contributed by atoms with Crippen molar-refractivity contribution in [3.8, 4) is 5.75 Å². The molecule has 7 nitrogen and oxygen atoms in total. The number of amides is 1. The first kappa shape index (κ1) is 27.2. The van der Waals surface area contributed by atoms with Gasteiger partial charge in [-0.25, -0.2) is 9.78 Å². The number of oxazole rings is 1. The summed E-state index contributed by atoms with van der Waals surface area (Å²) in [5.74, 6) is 1.20. The number of carbonyl (C=O) groups excluding carboxylic acids is 1. The zero-order valence-electron chi connectivity index (χ0n) is 21.8. The van der Waals surface area contributed by atoms with E-state index in [2.05, 4.69) is 31.8 Å². The quantitative estimate of drug-likeness (QED) is 0.291. The van der Waals surface area contributed by atoms with E-state index in [4.69, 9.17) is 9.15 Å². The molecule has 1 aliphatic rings. The summed E-state index contributed by atoms with van der Waals surface area (Å²) >= 11 is 0. The van der Waals surface area contributed by atoms with Gasteiger partial charge in [-0.2, -0.15) is 0 Å². The van der Waals surface area contributed by atoms with E-state index in [1.165, 1.54) is 11.0 Å². The van der Waals surface area contributed by atoms with E-state index in [1.54, 1.807) is 6.07 Å². The number of carboxylic acid groups (broad SMARTS) is 1. The highest BCUT2D eigenvalue weighted by molar-refractivity contribution is 5.92. The fourth-order valence-corrected chi connectivity index (χ4v) is 4.25. The highest BCUT2D eigenvalue weighted by Crippen LogP contribution is 2.33. The number of fused-ring (bicyclic) bond motifs is 1. The van der Waals surface area contributed by atoms with Crippen molar-refractivity contribution in [2.45, 2.75) is 72.3 Å². The number of aliphatic carboxylic acids is 1. The SMILES string of the molecule is CCCCC=CC(=O)N1CCc2ccc(OCCc3nc(C=CCC(C)C)oc3C)cc2C1C(=O)O. The lowest BCUT2D eigenvalue weighted by molar-refractivity contribution is -0.149. The molecule has 7 heteroatoms. The maximum atomic E-state index is 12.8. The number of carbonyl (C=O) groups is 2. The van der Waals surface area contributed by atoms with Gasteiger partial charge in [-0.15, -0.1) is 0 Å². The van der Waals surface area contributed by atoms with Crippen LogP contribution in [0.5, 0.6) is 5.75 Å². The van der Waals surface area contributed by atoms with Crippen molar-refractivity contribution in [2.75, 3.05) is 13.2 Å². The number of aryl methyl sites for hydroxylation is 1. The van der Waals surface area contributed by atoms with Crippen LogP contribution in [0.4, 0.5) is 0 Å². The Morgan fingerprint density at radius 1 is 1.31 bits per heavy atom. The second-order valence-electron chi connectivity index (χ2n) is 9.61. The van der Waals surface area contributed by atoms with E-state index >= 15 is 0 Å². The summed E-state index contributed by atoms with van der Waals surface area (Å²) in [6, 6.07) is 4.48. The smallest absolute Gasteiger partial charge is 0.331 e. The minimum atomic E-state index is -1.04. The van der Waals surface area contributed by atoms with Crippen molar-refractivity contribution < 1.29 is 23.8 Å². The molecule has 2 aromatic rings. The van der Waals surface area contributed by atoms with Gasteiger partial charge in [0.25, 0.3) is 0 Å². The van der Waals surface area contributed by atoms with Crippen molar-refractivity contribution in [1.82, 2.24) is 9.88 Å². The number of hydrogen-bond donors (Lipinski definition) is 1. The maximum absolute atomic E-state index is 12.8. The summed E-state index contributed by atoms with van der Waals surface area (Å²) < 4.78 is 11.7. The number of benzene rings is 1. The maximum Gasteiger partial charge on any atom is 0.331 e. The average Bonchev–Trinajstić information content (AvgIpc) is 3.19. The molecule has 1 aromatic heterocycles. The molecule has 2 heterocycles. The number of hydrogen-bond acceptors (Lipinski definition) is 5. The lowest BCUT2D eigenvalue weighted by Crippen LogP contribution is -2.42. The number of unbranched alkanes of at least 4 members (excludes halogenated alkanes) is 2. The van der Waals surface area contributed by atoms with Crippen LogP contribution in [-0.2, 0) is 22.4 Å². The summed E-state index contributed by atoms with van der Waals surface area (Å²) in [4.78, 5) is 30.9. The van der Waals surface area contributed by atoms with Crippen LogP contribution in [0.3, 0.4) is 0 Å². The van der Waals surface area contributed by atoms with Gasteiger partial charge in [0, 0.05) is 13.0 Å². The molecule has 0 spiro atoms. The molecule has 0 saturated heterocycles. The second-order valence-corrected chi connectivity index (χ2v) is 9.61. The second kappa shape index (κ2) is 13.1. The first-order valence-electron chi connectivity index (χ1n) is 12.9. The largest absolute Gasteiger partial charge is 0.493 e. The summed E-state index contributed by atoms with van der Waals surface area (Å²) in [7, 11) is 0. The molecule has 36 heavy (non-hydrogen) atoms. The molecular weight excluding hydrogens is 456 g/mol. The first-order chi connectivity index (χ1) is 17.3. The standard InChI is InChI=1S/C29H38N2O5/c1-5-6-7-8-12-27(32)31-17-15-22-13-14-23(19-24(22)28(31)29(33)34)35-18-16-25-21(4)36-26(30-25)11-9-10-20(2)3/h8-9,11-14,19-20,28H,5-7,10,15-18H2,1-4H3,(H,33,34). The van der Waals surface area contributed by atoms with Gasteiger partial charge in [-0.1, -0.05) is 51.8 Å². The van der Waals surface area contributed by atoms with E-state index in [0.29, 0.717) is 49.1 Å². The van der Waals surface area contributed by atoms with E-state index in [0.717, 1.165) is 42.7 Å². The van der Waals surface area contributed by atoms with Crippen molar-refractivity contribution in [3.63, 3.8) is 0 Å². The number of carboxylic acids is 1. The molecule has 194 valence electrons. The number of ether oxygens (including phenoxy) is 1. The van der Waals surface area contributed by atoms with E-state index in [-0.39, 0.29) is 5.91 Å². The third-order valence-electron chi connectivity index (χ3n) is 6.23. The fraction of sp³-hybridized carbons (Fsp3) is 0.483.